The molecule has 0 spiro atoms. The molecule has 0 bridgehead atoms. The molecule has 2 N–H and O–H groups in total. The molecule has 1 aromatic heterocycles. The number of anilines is 1. The van der Waals surface area contributed by atoms with Crippen molar-refractivity contribution in [1.29, 1.82) is 0 Å². The Hall–Kier alpha value is -1.43. The lowest BCUT2D eigenvalue weighted by molar-refractivity contribution is 0.318. The van der Waals surface area contributed by atoms with Crippen LogP contribution < -0.4 is 5.73 Å². The van der Waals surface area contributed by atoms with Gasteiger partial charge in [-0.15, -0.1) is 5.10 Å². The minimum absolute atomic E-state index is 0.703. The summed E-state index contributed by atoms with van der Waals surface area (Å²) in [6.07, 6.45) is 7.99. The zero-order valence-electron chi connectivity index (χ0n) is 12.0. The van der Waals surface area contributed by atoms with Gasteiger partial charge in [-0.25, -0.2) is 4.68 Å². The van der Waals surface area contributed by atoms with Crippen LogP contribution in [0, 0.1) is 5.92 Å². The first-order valence-electron chi connectivity index (χ1n) is 7.55. The molecule has 1 aliphatic carbocycles. The first-order chi connectivity index (χ1) is 10.2. The highest BCUT2D eigenvalue weighted by Gasteiger charge is 2.15. The van der Waals surface area contributed by atoms with E-state index in [4.69, 9.17) is 5.73 Å². The lowest BCUT2D eigenvalue weighted by Gasteiger charge is -2.21. The molecule has 0 unspecified atom stereocenters. The number of tetrazole rings is 1. The number of nitrogens with two attached hydrogens (primary N) is 1. The molecule has 0 saturated heterocycles. The summed E-state index contributed by atoms with van der Waals surface area (Å²) in [5.41, 5.74) is 7.61. The van der Waals surface area contributed by atoms with Crippen LogP contribution in [-0.2, 0) is 6.54 Å². The molecule has 5 nitrogen and oxygen atoms in total. The summed E-state index contributed by atoms with van der Waals surface area (Å²) in [7, 11) is 0. The highest BCUT2D eigenvalue weighted by atomic mass is 79.9. The molecule has 21 heavy (non-hydrogen) atoms. The second-order valence-electron chi connectivity index (χ2n) is 5.75. The second kappa shape index (κ2) is 6.56. The molecule has 1 aliphatic rings. The van der Waals surface area contributed by atoms with E-state index in [9.17, 15) is 0 Å². The Bertz CT molecular complexity index is 604. The first-order valence-corrected chi connectivity index (χ1v) is 8.35. The maximum absolute atomic E-state index is 5.94. The molecule has 0 amide bonds. The van der Waals surface area contributed by atoms with Gasteiger partial charge in [0.05, 0.1) is 0 Å². The molecule has 2 aromatic rings. The highest BCUT2D eigenvalue weighted by Crippen LogP contribution is 2.28. The van der Waals surface area contributed by atoms with E-state index < -0.39 is 0 Å². The number of benzene rings is 1. The van der Waals surface area contributed by atoms with Crippen molar-refractivity contribution in [1.82, 2.24) is 20.2 Å². The number of nitrogens with zero attached hydrogens (tertiary/aromatic N) is 4. The van der Waals surface area contributed by atoms with Gasteiger partial charge in [-0.1, -0.05) is 32.1 Å². The van der Waals surface area contributed by atoms with Crippen molar-refractivity contribution < 1.29 is 0 Å². The Morgan fingerprint density at radius 3 is 2.81 bits per heavy atom. The SMILES string of the molecule is Nc1cc(-c2nnnn2CCC2CCCCC2)ccc1Br. The molecule has 1 aromatic carbocycles. The van der Waals surface area contributed by atoms with Crippen LogP contribution in [-0.4, -0.2) is 20.2 Å². The van der Waals surface area contributed by atoms with Crippen molar-refractivity contribution in [3.8, 4) is 11.4 Å². The first kappa shape index (κ1) is 14.5. The summed E-state index contributed by atoms with van der Waals surface area (Å²) in [5.74, 6) is 1.62. The molecular weight excluding hydrogens is 330 g/mol. The third kappa shape index (κ3) is 3.43. The summed E-state index contributed by atoms with van der Waals surface area (Å²) in [6.45, 7) is 0.878. The van der Waals surface area contributed by atoms with Gasteiger partial charge >= 0.3 is 0 Å². The Labute approximate surface area is 133 Å². The van der Waals surface area contributed by atoms with E-state index in [2.05, 4.69) is 31.5 Å². The van der Waals surface area contributed by atoms with E-state index in [1.807, 2.05) is 22.9 Å². The van der Waals surface area contributed by atoms with Crippen molar-refractivity contribution in [2.75, 3.05) is 5.73 Å². The molecule has 0 radical (unpaired) electrons. The van der Waals surface area contributed by atoms with Gasteiger partial charge in [0.2, 0.25) is 0 Å². The van der Waals surface area contributed by atoms with Crippen molar-refractivity contribution in [3.05, 3.63) is 22.7 Å². The number of halogens is 1. The lowest BCUT2D eigenvalue weighted by Crippen LogP contribution is -2.11. The molecular formula is C15H20BrN5. The van der Waals surface area contributed by atoms with Crippen molar-refractivity contribution in [2.24, 2.45) is 5.92 Å². The number of aromatic nitrogens is 4. The van der Waals surface area contributed by atoms with Crippen LogP contribution in [0.25, 0.3) is 11.4 Å². The number of hydrogen-bond acceptors (Lipinski definition) is 4. The Kier molecular flexibility index (Phi) is 4.53. The minimum Gasteiger partial charge on any atom is -0.398 e. The third-order valence-corrected chi connectivity index (χ3v) is 4.98. The lowest BCUT2D eigenvalue weighted by atomic mass is 9.87. The largest absolute Gasteiger partial charge is 0.398 e. The van der Waals surface area contributed by atoms with Gasteiger partial charge in [0, 0.05) is 22.3 Å². The van der Waals surface area contributed by atoms with Gasteiger partial charge < -0.3 is 5.73 Å². The van der Waals surface area contributed by atoms with Crippen LogP contribution in [0.2, 0.25) is 0 Å². The molecule has 1 heterocycles. The van der Waals surface area contributed by atoms with Crippen LogP contribution in [0.4, 0.5) is 5.69 Å². The van der Waals surface area contributed by atoms with Gasteiger partial charge in [-0.05, 0) is 56.9 Å². The van der Waals surface area contributed by atoms with Crippen LogP contribution in [0.1, 0.15) is 38.5 Å². The maximum atomic E-state index is 5.94. The van der Waals surface area contributed by atoms with Gasteiger partial charge in [0.15, 0.2) is 5.82 Å². The maximum Gasteiger partial charge on any atom is 0.182 e. The fraction of sp³-hybridized carbons (Fsp3) is 0.533. The van der Waals surface area contributed by atoms with Crippen molar-refractivity contribution in [2.45, 2.75) is 45.1 Å². The van der Waals surface area contributed by atoms with Crippen LogP contribution >= 0.6 is 15.9 Å². The van der Waals surface area contributed by atoms with E-state index >= 15 is 0 Å². The van der Waals surface area contributed by atoms with E-state index in [1.165, 1.54) is 32.1 Å². The molecule has 0 aliphatic heterocycles. The van der Waals surface area contributed by atoms with Gasteiger partial charge in [0.1, 0.15) is 0 Å². The van der Waals surface area contributed by atoms with E-state index in [1.54, 1.807) is 0 Å². The average Bonchev–Trinajstić information content (AvgIpc) is 2.97. The standard InChI is InChI=1S/C15H20BrN5/c16-13-7-6-12(10-14(13)17)15-18-19-20-21(15)9-8-11-4-2-1-3-5-11/h6-7,10-11H,1-5,8-9,17H2. The van der Waals surface area contributed by atoms with Crippen LogP contribution in [0.15, 0.2) is 22.7 Å². The smallest absolute Gasteiger partial charge is 0.182 e. The van der Waals surface area contributed by atoms with E-state index in [-0.39, 0.29) is 0 Å². The molecule has 3 rings (SSSR count). The highest BCUT2D eigenvalue weighted by molar-refractivity contribution is 9.10. The number of rotatable bonds is 4. The minimum atomic E-state index is 0.703. The normalized spacial score (nSPS) is 16.2. The summed E-state index contributed by atoms with van der Waals surface area (Å²) >= 11 is 3.41. The van der Waals surface area contributed by atoms with Crippen molar-refractivity contribution >= 4 is 21.6 Å². The fourth-order valence-electron chi connectivity index (χ4n) is 3.03. The summed E-state index contributed by atoms with van der Waals surface area (Å²) < 4.78 is 2.80. The van der Waals surface area contributed by atoms with Gasteiger partial charge in [-0.2, -0.15) is 0 Å². The average molecular weight is 350 g/mol. The molecule has 1 fully saturated rings. The van der Waals surface area contributed by atoms with Gasteiger partial charge in [-0.3, -0.25) is 0 Å². The van der Waals surface area contributed by atoms with E-state index in [0.717, 1.165) is 34.7 Å². The van der Waals surface area contributed by atoms with Gasteiger partial charge in [0.25, 0.3) is 0 Å². The third-order valence-electron chi connectivity index (χ3n) is 4.26. The monoisotopic (exact) mass is 349 g/mol. The Balaban J connectivity index is 1.72. The zero-order chi connectivity index (χ0) is 14.7. The molecule has 1 saturated carbocycles. The predicted octanol–water partition coefficient (Wildman–Crippen LogP) is 3.66. The fourth-order valence-corrected chi connectivity index (χ4v) is 3.27. The number of nitrogen functional groups attached to an aromatic ring is 1. The summed E-state index contributed by atoms with van der Waals surface area (Å²) in [5, 5.41) is 12.1. The summed E-state index contributed by atoms with van der Waals surface area (Å²) in [4.78, 5) is 0. The predicted molar refractivity (Wildman–Crippen MR) is 86.6 cm³/mol. The summed E-state index contributed by atoms with van der Waals surface area (Å²) in [6, 6.07) is 5.83. The number of aryl methyl sites for hydroxylation is 1. The zero-order valence-corrected chi connectivity index (χ0v) is 13.6. The molecule has 6 heteroatoms. The second-order valence-corrected chi connectivity index (χ2v) is 6.61. The Morgan fingerprint density at radius 1 is 1.24 bits per heavy atom. The van der Waals surface area contributed by atoms with Crippen LogP contribution in [0.5, 0.6) is 0 Å². The topological polar surface area (TPSA) is 69.6 Å². The quantitative estimate of drug-likeness (QED) is 0.855. The number of hydrogen-bond donors (Lipinski definition) is 1. The molecule has 112 valence electrons. The Morgan fingerprint density at radius 2 is 2.05 bits per heavy atom. The van der Waals surface area contributed by atoms with Crippen LogP contribution in [0.3, 0.4) is 0 Å². The van der Waals surface area contributed by atoms with Crippen molar-refractivity contribution in [3.63, 3.8) is 0 Å². The van der Waals surface area contributed by atoms with E-state index in [0.29, 0.717) is 5.69 Å². The molecule has 0 atom stereocenters.